The summed E-state index contributed by atoms with van der Waals surface area (Å²) in [6.07, 6.45) is 3.73. The molecule has 2 N–H and O–H groups in total. The zero-order valence-corrected chi connectivity index (χ0v) is 12.0. The SMILES string of the molecule is NC1(Cc2cc(Br)cc3c2OCC3)CCOCC1. The van der Waals surface area contributed by atoms with Crippen molar-refractivity contribution in [1.82, 2.24) is 0 Å². The van der Waals surface area contributed by atoms with Gasteiger partial charge in [0.15, 0.2) is 0 Å². The Morgan fingerprint density at radius 1 is 1.22 bits per heavy atom. The Bertz CT molecular complexity index is 455. The Labute approximate surface area is 116 Å². The molecule has 18 heavy (non-hydrogen) atoms. The van der Waals surface area contributed by atoms with Crippen LogP contribution in [0.15, 0.2) is 16.6 Å². The van der Waals surface area contributed by atoms with Gasteiger partial charge in [-0.3, -0.25) is 0 Å². The fourth-order valence-corrected chi connectivity index (χ4v) is 3.36. The number of halogens is 1. The van der Waals surface area contributed by atoms with E-state index in [9.17, 15) is 0 Å². The number of hydrogen-bond donors (Lipinski definition) is 1. The van der Waals surface area contributed by atoms with Gasteiger partial charge in [0.2, 0.25) is 0 Å². The van der Waals surface area contributed by atoms with Crippen LogP contribution >= 0.6 is 15.9 Å². The molecule has 4 heteroatoms. The highest BCUT2D eigenvalue weighted by Gasteiger charge is 2.30. The van der Waals surface area contributed by atoms with Crippen LogP contribution in [0.5, 0.6) is 5.75 Å². The van der Waals surface area contributed by atoms with Crippen LogP contribution < -0.4 is 10.5 Å². The van der Waals surface area contributed by atoms with Gasteiger partial charge < -0.3 is 15.2 Å². The van der Waals surface area contributed by atoms with Crippen molar-refractivity contribution in [3.63, 3.8) is 0 Å². The van der Waals surface area contributed by atoms with Gasteiger partial charge in [0.1, 0.15) is 5.75 Å². The molecule has 98 valence electrons. The van der Waals surface area contributed by atoms with Gasteiger partial charge in [-0.15, -0.1) is 0 Å². The molecule has 2 aliphatic heterocycles. The lowest BCUT2D eigenvalue weighted by molar-refractivity contribution is 0.0531. The molecule has 3 rings (SSSR count). The molecule has 1 saturated heterocycles. The van der Waals surface area contributed by atoms with Gasteiger partial charge in [0, 0.05) is 29.6 Å². The quantitative estimate of drug-likeness (QED) is 0.912. The Morgan fingerprint density at radius 2 is 2.00 bits per heavy atom. The smallest absolute Gasteiger partial charge is 0.125 e. The first-order chi connectivity index (χ1) is 8.66. The van der Waals surface area contributed by atoms with Gasteiger partial charge in [-0.25, -0.2) is 0 Å². The number of rotatable bonds is 2. The van der Waals surface area contributed by atoms with Crippen LogP contribution in [0.25, 0.3) is 0 Å². The lowest BCUT2D eigenvalue weighted by atomic mass is 9.84. The standard InChI is InChI=1S/C14H18BrNO2/c15-12-7-10-1-4-18-13(10)11(8-12)9-14(16)2-5-17-6-3-14/h7-8H,1-6,9,16H2. The van der Waals surface area contributed by atoms with E-state index in [4.69, 9.17) is 15.2 Å². The minimum Gasteiger partial charge on any atom is -0.493 e. The molecule has 0 radical (unpaired) electrons. The predicted molar refractivity (Wildman–Crippen MR) is 74.0 cm³/mol. The van der Waals surface area contributed by atoms with Gasteiger partial charge in [-0.1, -0.05) is 15.9 Å². The van der Waals surface area contributed by atoms with E-state index in [-0.39, 0.29) is 5.54 Å². The van der Waals surface area contributed by atoms with Crippen LogP contribution in [0.3, 0.4) is 0 Å². The molecule has 1 aromatic rings. The Balaban J connectivity index is 1.88. The van der Waals surface area contributed by atoms with Gasteiger partial charge in [0.25, 0.3) is 0 Å². The van der Waals surface area contributed by atoms with E-state index in [2.05, 4.69) is 28.1 Å². The summed E-state index contributed by atoms with van der Waals surface area (Å²) in [7, 11) is 0. The number of hydrogen-bond acceptors (Lipinski definition) is 3. The lowest BCUT2D eigenvalue weighted by Gasteiger charge is -2.33. The van der Waals surface area contributed by atoms with Crippen molar-refractivity contribution in [2.75, 3.05) is 19.8 Å². The van der Waals surface area contributed by atoms with E-state index < -0.39 is 0 Å². The molecular formula is C14H18BrNO2. The van der Waals surface area contributed by atoms with Crippen LogP contribution in [0.1, 0.15) is 24.0 Å². The van der Waals surface area contributed by atoms with Gasteiger partial charge in [0.05, 0.1) is 6.61 Å². The van der Waals surface area contributed by atoms with Crippen LogP contribution in [-0.2, 0) is 17.6 Å². The first kappa shape index (κ1) is 12.5. The maximum atomic E-state index is 6.48. The summed E-state index contributed by atoms with van der Waals surface area (Å²) < 4.78 is 12.3. The first-order valence-corrected chi connectivity index (χ1v) is 7.26. The van der Waals surface area contributed by atoms with Gasteiger partial charge in [-0.2, -0.15) is 0 Å². The van der Waals surface area contributed by atoms with E-state index in [1.165, 1.54) is 11.1 Å². The normalized spacial score (nSPS) is 21.4. The minimum absolute atomic E-state index is 0.140. The summed E-state index contributed by atoms with van der Waals surface area (Å²) in [5.74, 6) is 1.06. The molecular weight excluding hydrogens is 294 g/mol. The molecule has 0 saturated carbocycles. The maximum absolute atomic E-state index is 6.48. The highest BCUT2D eigenvalue weighted by molar-refractivity contribution is 9.10. The van der Waals surface area contributed by atoms with Crippen molar-refractivity contribution in [2.24, 2.45) is 5.73 Å². The molecule has 0 bridgehead atoms. The van der Waals surface area contributed by atoms with Crippen molar-refractivity contribution in [3.05, 3.63) is 27.7 Å². The monoisotopic (exact) mass is 311 g/mol. The zero-order chi connectivity index (χ0) is 12.6. The average Bonchev–Trinajstić information content (AvgIpc) is 2.77. The van der Waals surface area contributed by atoms with Crippen LogP contribution in [-0.4, -0.2) is 25.4 Å². The Morgan fingerprint density at radius 3 is 2.78 bits per heavy atom. The van der Waals surface area contributed by atoms with E-state index in [1.807, 2.05) is 0 Å². The third kappa shape index (κ3) is 2.42. The highest BCUT2D eigenvalue weighted by atomic mass is 79.9. The second kappa shape index (κ2) is 4.83. The molecule has 0 amide bonds. The second-order valence-electron chi connectivity index (χ2n) is 5.30. The van der Waals surface area contributed by atoms with E-state index in [1.54, 1.807) is 0 Å². The van der Waals surface area contributed by atoms with E-state index >= 15 is 0 Å². The van der Waals surface area contributed by atoms with Crippen LogP contribution in [0, 0.1) is 0 Å². The van der Waals surface area contributed by atoms with Crippen LogP contribution in [0.2, 0.25) is 0 Å². The third-order valence-corrected chi connectivity index (χ3v) is 4.31. The Hall–Kier alpha value is -0.580. The second-order valence-corrected chi connectivity index (χ2v) is 6.22. The van der Waals surface area contributed by atoms with Crippen molar-refractivity contribution in [2.45, 2.75) is 31.2 Å². The number of fused-ring (bicyclic) bond motifs is 1. The summed E-state index contributed by atoms with van der Waals surface area (Å²) in [6, 6.07) is 4.30. The topological polar surface area (TPSA) is 44.5 Å². The molecule has 3 nitrogen and oxygen atoms in total. The van der Waals surface area contributed by atoms with Crippen molar-refractivity contribution in [3.8, 4) is 5.75 Å². The average molecular weight is 312 g/mol. The van der Waals surface area contributed by atoms with Gasteiger partial charge >= 0.3 is 0 Å². The first-order valence-electron chi connectivity index (χ1n) is 6.47. The van der Waals surface area contributed by atoms with Crippen molar-refractivity contribution in [1.29, 1.82) is 0 Å². The molecule has 1 fully saturated rings. The lowest BCUT2D eigenvalue weighted by Crippen LogP contribution is -2.46. The van der Waals surface area contributed by atoms with Crippen LogP contribution in [0.4, 0.5) is 0 Å². The summed E-state index contributed by atoms with van der Waals surface area (Å²) in [4.78, 5) is 0. The number of benzene rings is 1. The summed E-state index contributed by atoms with van der Waals surface area (Å²) >= 11 is 3.58. The molecule has 2 aliphatic rings. The van der Waals surface area contributed by atoms with Gasteiger partial charge in [-0.05, 0) is 42.5 Å². The van der Waals surface area contributed by atoms with E-state index in [0.29, 0.717) is 0 Å². The number of ether oxygens (including phenoxy) is 2. The molecule has 1 aromatic carbocycles. The minimum atomic E-state index is -0.140. The largest absolute Gasteiger partial charge is 0.493 e. The predicted octanol–water partition coefficient (Wildman–Crippen LogP) is 2.43. The fraction of sp³-hybridized carbons (Fsp3) is 0.571. The molecule has 0 aromatic heterocycles. The number of nitrogens with two attached hydrogens (primary N) is 1. The van der Waals surface area contributed by atoms with E-state index in [0.717, 1.165) is 55.7 Å². The molecule has 0 spiro atoms. The van der Waals surface area contributed by atoms with Crippen molar-refractivity contribution >= 4 is 15.9 Å². The third-order valence-electron chi connectivity index (χ3n) is 3.86. The van der Waals surface area contributed by atoms with Crippen molar-refractivity contribution < 1.29 is 9.47 Å². The molecule has 0 atom stereocenters. The summed E-state index contributed by atoms with van der Waals surface area (Å²) in [6.45, 7) is 2.33. The molecule has 0 aliphatic carbocycles. The molecule has 2 heterocycles. The fourth-order valence-electron chi connectivity index (χ4n) is 2.81. The summed E-state index contributed by atoms with van der Waals surface area (Å²) in [5, 5.41) is 0. The molecule has 0 unspecified atom stereocenters. The maximum Gasteiger partial charge on any atom is 0.125 e. The summed E-state index contributed by atoms with van der Waals surface area (Å²) in [5.41, 5.74) is 8.88. The highest BCUT2D eigenvalue weighted by Crippen LogP contribution is 2.36. The zero-order valence-electron chi connectivity index (χ0n) is 10.4. The Kier molecular flexibility index (Phi) is 3.34.